The van der Waals surface area contributed by atoms with Gasteiger partial charge < -0.3 is 4.98 Å². The summed E-state index contributed by atoms with van der Waals surface area (Å²) in [4.78, 5) is 3.17. The van der Waals surface area contributed by atoms with Crippen LogP contribution in [0.2, 0.25) is 0 Å². The van der Waals surface area contributed by atoms with E-state index in [1.165, 1.54) is 18.4 Å². The molecule has 2 aromatic rings. The fourth-order valence-corrected chi connectivity index (χ4v) is 2.40. The summed E-state index contributed by atoms with van der Waals surface area (Å²) in [6.07, 6.45) is 2.59. The highest BCUT2D eigenvalue weighted by molar-refractivity contribution is 7.87. The first kappa shape index (κ1) is 13.1. The van der Waals surface area contributed by atoms with E-state index in [4.69, 9.17) is 0 Å². The number of benzene rings is 1. The van der Waals surface area contributed by atoms with Gasteiger partial charge in [-0.1, -0.05) is 18.2 Å². The Bertz CT molecular complexity index is 632. The second kappa shape index (κ2) is 5.09. The lowest BCUT2D eigenvalue weighted by Gasteiger charge is -2.11. The van der Waals surface area contributed by atoms with Gasteiger partial charge in [-0.05, 0) is 18.1 Å². The van der Waals surface area contributed by atoms with Crippen molar-refractivity contribution in [1.29, 1.82) is 0 Å². The van der Waals surface area contributed by atoms with Crippen LogP contribution in [0.4, 0.5) is 0 Å². The highest BCUT2D eigenvalue weighted by Crippen LogP contribution is 2.17. The van der Waals surface area contributed by atoms with Crippen molar-refractivity contribution in [3.05, 3.63) is 36.0 Å². The number of H-pyrrole nitrogens is 1. The van der Waals surface area contributed by atoms with Gasteiger partial charge in [0, 0.05) is 37.7 Å². The molecule has 5 nitrogen and oxygen atoms in total. The standard InChI is InChI=1S/C12H17N3O2S/c1-15(2)18(16,17)14-8-7-10-9-13-12-6-4-3-5-11(10)12/h3-6,9,13-14H,7-8H2,1-2H3. The first-order valence-corrected chi connectivity index (χ1v) is 7.17. The van der Waals surface area contributed by atoms with Gasteiger partial charge in [0.1, 0.15) is 0 Å². The molecule has 0 radical (unpaired) electrons. The molecule has 0 aliphatic rings. The molecule has 0 fully saturated rings. The van der Waals surface area contributed by atoms with Crippen LogP contribution in [0.15, 0.2) is 30.5 Å². The highest BCUT2D eigenvalue weighted by atomic mass is 32.2. The van der Waals surface area contributed by atoms with Gasteiger partial charge in [-0.25, -0.2) is 4.72 Å². The van der Waals surface area contributed by atoms with Crippen LogP contribution in [0, 0.1) is 0 Å². The molecule has 0 unspecified atom stereocenters. The average Bonchev–Trinajstić information content (AvgIpc) is 2.72. The second-order valence-electron chi connectivity index (χ2n) is 4.29. The monoisotopic (exact) mass is 267 g/mol. The van der Waals surface area contributed by atoms with Crippen molar-refractivity contribution in [3.8, 4) is 0 Å². The van der Waals surface area contributed by atoms with Gasteiger partial charge in [-0.15, -0.1) is 0 Å². The fourth-order valence-electron chi connectivity index (χ4n) is 1.78. The lowest BCUT2D eigenvalue weighted by atomic mass is 10.1. The molecule has 0 atom stereocenters. The van der Waals surface area contributed by atoms with Crippen molar-refractivity contribution < 1.29 is 8.42 Å². The van der Waals surface area contributed by atoms with E-state index in [0.29, 0.717) is 13.0 Å². The molecule has 0 aliphatic carbocycles. The van der Waals surface area contributed by atoms with E-state index in [-0.39, 0.29) is 0 Å². The number of hydrogen-bond acceptors (Lipinski definition) is 2. The maximum absolute atomic E-state index is 11.5. The van der Waals surface area contributed by atoms with Gasteiger partial charge in [0.15, 0.2) is 0 Å². The van der Waals surface area contributed by atoms with Crippen molar-refractivity contribution in [2.75, 3.05) is 20.6 Å². The van der Waals surface area contributed by atoms with Crippen LogP contribution in [-0.2, 0) is 16.6 Å². The number of fused-ring (bicyclic) bond motifs is 1. The van der Waals surface area contributed by atoms with E-state index in [1.54, 1.807) is 0 Å². The Balaban J connectivity index is 2.03. The predicted octanol–water partition coefficient (Wildman–Crippen LogP) is 1.11. The molecule has 0 saturated heterocycles. The summed E-state index contributed by atoms with van der Waals surface area (Å²) in [7, 11) is -0.316. The third kappa shape index (κ3) is 2.72. The summed E-state index contributed by atoms with van der Waals surface area (Å²) >= 11 is 0. The molecular formula is C12H17N3O2S. The van der Waals surface area contributed by atoms with E-state index in [0.717, 1.165) is 16.5 Å². The Labute approximate surface area is 107 Å². The molecule has 2 N–H and O–H groups in total. The predicted molar refractivity (Wildman–Crippen MR) is 72.6 cm³/mol. The average molecular weight is 267 g/mol. The number of nitrogens with zero attached hydrogens (tertiary/aromatic N) is 1. The Morgan fingerprint density at radius 3 is 2.72 bits per heavy atom. The normalized spacial score (nSPS) is 12.4. The molecule has 18 heavy (non-hydrogen) atoms. The highest BCUT2D eigenvalue weighted by Gasteiger charge is 2.12. The summed E-state index contributed by atoms with van der Waals surface area (Å²) in [6.45, 7) is 0.391. The van der Waals surface area contributed by atoms with Gasteiger partial charge in [0.2, 0.25) is 0 Å². The van der Waals surface area contributed by atoms with E-state index in [9.17, 15) is 8.42 Å². The van der Waals surface area contributed by atoms with E-state index in [1.807, 2.05) is 30.5 Å². The Kier molecular flexibility index (Phi) is 3.70. The van der Waals surface area contributed by atoms with Crippen molar-refractivity contribution in [2.45, 2.75) is 6.42 Å². The molecular weight excluding hydrogens is 250 g/mol. The number of hydrogen-bond donors (Lipinski definition) is 2. The van der Waals surface area contributed by atoms with Crippen molar-refractivity contribution >= 4 is 21.1 Å². The quantitative estimate of drug-likeness (QED) is 0.852. The summed E-state index contributed by atoms with van der Waals surface area (Å²) in [6, 6.07) is 7.98. The van der Waals surface area contributed by atoms with Gasteiger partial charge in [0.25, 0.3) is 10.2 Å². The molecule has 0 spiro atoms. The van der Waals surface area contributed by atoms with Crippen molar-refractivity contribution in [1.82, 2.24) is 14.0 Å². The first-order chi connectivity index (χ1) is 8.50. The van der Waals surface area contributed by atoms with Crippen LogP contribution in [0.25, 0.3) is 10.9 Å². The number of aromatic amines is 1. The lowest BCUT2D eigenvalue weighted by Crippen LogP contribution is -2.36. The number of rotatable bonds is 5. The summed E-state index contributed by atoms with van der Waals surface area (Å²) in [5.74, 6) is 0. The minimum absolute atomic E-state index is 0.391. The summed E-state index contributed by atoms with van der Waals surface area (Å²) in [5.41, 5.74) is 2.19. The van der Waals surface area contributed by atoms with Gasteiger partial charge in [0.05, 0.1) is 0 Å². The maximum Gasteiger partial charge on any atom is 0.278 e. The lowest BCUT2D eigenvalue weighted by molar-refractivity contribution is 0.506. The number of nitrogens with one attached hydrogen (secondary N) is 2. The Morgan fingerprint density at radius 1 is 1.28 bits per heavy atom. The van der Waals surface area contributed by atoms with Crippen LogP contribution >= 0.6 is 0 Å². The molecule has 0 amide bonds. The fraction of sp³-hybridized carbons (Fsp3) is 0.333. The summed E-state index contributed by atoms with van der Waals surface area (Å²) < 4.78 is 26.8. The van der Waals surface area contributed by atoms with Crippen molar-refractivity contribution in [3.63, 3.8) is 0 Å². The minimum atomic E-state index is -3.33. The van der Waals surface area contributed by atoms with Gasteiger partial charge in [-0.3, -0.25) is 0 Å². The molecule has 98 valence electrons. The topological polar surface area (TPSA) is 65.2 Å². The zero-order valence-corrected chi connectivity index (χ0v) is 11.3. The second-order valence-corrected chi connectivity index (χ2v) is 6.26. The molecule has 1 aromatic heterocycles. The van der Waals surface area contributed by atoms with E-state index >= 15 is 0 Å². The largest absolute Gasteiger partial charge is 0.361 e. The molecule has 2 rings (SSSR count). The third-order valence-electron chi connectivity index (χ3n) is 2.83. The SMILES string of the molecule is CN(C)S(=O)(=O)NCCc1c[nH]c2ccccc12. The molecule has 1 aromatic carbocycles. The molecule has 0 saturated carbocycles. The Morgan fingerprint density at radius 2 is 2.00 bits per heavy atom. The zero-order chi connectivity index (χ0) is 13.2. The zero-order valence-electron chi connectivity index (χ0n) is 10.5. The molecule has 0 bridgehead atoms. The molecule has 0 aliphatic heterocycles. The van der Waals surface area contributed by atoms with Crippen LogP contribution in [-0.4, -0.2) is 38.3 Å². The number of aromatic nitrogens is 1. The van der Waals surface area contributed by atoms with Gasteiger partial charge in [-0.2, -0.15) is 12.7 Å². The first-order valence-electron chi connectivity index (χ1n) is 5.73. The minimum Gasteiger partial charge on any atom is -0.361 e. The van der Waals surface area contributed by atoms with Crippen LogP contribution in [0.5, 0.6) is 0 Å². The Hall–Kier alpha value is -1.37. The maximum atomic E-state index is 11.5. The van der Waals surface area contributed by atoms with E-state index in [2.05, 4.69) is 9.71 Å². The van der Waals surface area contributed by atoms with Crippen LogP contribution in [0.3, 0.4) is 0 Å². The summed E-state index contributed by atoms with van der Waals surface area (Å²) in [5, 5.41) is 1.14. The van der Waals surface area contributed by atoms with Crippen LogP contribution in [0.1, 0.15) is 5.56 Å². The van der Waals surface area contributed by atoms with Crippen LogP contribution < -0.4 is 4.72 Å². The number of para-hydroxylation sites is 1. The molecule has 1 heterocycles. The van der Waals surface area contributed by atoms with Crippen molar-refractivity contribution in [2.24, 2.45) is 0 Å². The third-order valence-corrected chi connectivity index (χ3v) is 4.36. The smallest absolute Gasteiger partial charge is 0.278 e. The van der Waals surface area contributed by atoms with Gasteiger partial charge >= 0.3 is 0 Å². The van der Waals surface area contributed by atoms with E-state index < -0.39 is 10.2 Å². The molecule has 6 heteroatoms.